The van der Waals surface area contributed by atoms with Gasteiger partial charge in [-0.05, 0) is 31.6 Å². The van der Waals surface area contributed by atoms with Crippen LogP contribution in [0.25, 0.3) is 0 Å². The highest BCUT2D eigenvalue weighted by Gasteiger charge is 2.41. The lowest BCUT2D eigenvalue weighted by atomic mass is 9.75. The van der Waals surface area contributed by atoms with Crippen molar-refractivity contribution < 1.29 is 16.8 Å². The Bertz CT molecular complexity index is 560. The SMILES string of the molecule is CCC1CCC(NS(=O)(=O)CS(C)(=O)=O)(C(=N)N)CC1. The van der Waals surface area contributed by atoms with Crippen LogP contribution in [0.4, 0.5) is 0 Å². The third-order valence-corrected chi connectivity index (χ3v) is 7.43. The van der Waals surface area contributed by atoms with E-state index in [-0.39, 0.29) is 5.84 Å². The zero-order valence-electron chi connectivity index (χ0n) is 11.8. The maximum Gasteiger partial charge on any atom is 0.226 e. The standard InChI is InChI=1S/C11H23N3O4S2/c1-3-9-4-6-11(7-5-9,10(12)13)14-20(17,18)8-19(2,15)16/h9,14H,3-8H2,1-2H3,(H3,12,13). The number of sulfone groups is 1. The van der Waals surface area contributed by atoms with E-state index in [0.29, 0.717) is 18.8 Å². The first-order valence-electron chi connectivity index (χ1n) is 6.53. The van der Waals surface area contributed by atoms with E-state index in [2.05, 4.69) is 11.6 Å². The molecule has 0 aromatic heterocycles. The van der Waals surface area contributed by atoms with Crippen LogP contribution >= 0.6 is 0 Å². The van der Waals surface area contributed by atoms with E-state index in [1.54, 1.807) is 0 Å². The van der Waals surface area contributed by atoms with Crippen LogP contribution in [0.3, 0.4) is 0 Å². The summed E-state index contributed by atoms with van der Waals surface area (Å²) in [6, 6.07) is 0. The molecule has 0 heterocycles. The fourth-order valence-electron chi connectivity index (χ4n) is 2.61. The minimum absolute atomic E-state index is 0.246. The van der Waals surface area contributed by atoms with Gasteiger partial charge in [0.15, 0.2) is 14.9 Å². The minimum atomic E-state index is -4.03. The molecule has 0 atom stereocenters. The van der Waals surface area contributed by atoms with Crippen LogP contribution in [-0.4, -0.2) is 39.6 Å². The van der Waals surface area contributed by atoms with Crippen LogP contribution in [-0.2, 0) is 19.9 Å². The molecule has 9 heteroatoms. The Hall–Kier alpha value is -0.670. The van der Waals surface area contributed by atoms with Gasteiger partial charge in [-0.15, -0.1) is 0 Å². The molecular weight excluding hydrogens is 302 g/mol. The second-order valence-electron chi connectivity index (χ2n) is 5.61. The molecule has 4 N–H and O–H groups in total. The Morgan fingerprint density at radius 1 is 1.30 bits per heavy atom. The summed E-state index contributed by atoms with van der Waals surface area (Å²) < 4.78 is 48.5. The van der Waals surface area contributed by atoms with Gasteiger partial charge in [0, 0.05) is 6.26 Å². The summed E-state index contributed by atoms with van der Waals surface area (Å²) in [5.41, 5.74) is 4.44. The molecule has 0 radical (unpaired) electrons. The van der Waals surface area contributed by atoms with Crippen molar-refractivity contribution in [3.63, 3.8) is 0 Å². The quantitative estimate of drug-likeness (QED) is 0.474. The number of amidine groups is 1. The van der Waals surface area contributed by atoms with E-state index in [4.69, 9.17) is 11.1 Å². The van der Waals surface area contributed by atoms with Crippen LogP contribution in [0.15, 0.2) is 0 Å². The number of hydrogen-bond donors (Lipinski definition) is 3. The van der Waals surface area contributed by atoms with Crippen molar-refractivity contribution in [2.24, 2.45) is 11.7 Å². The average Bonchev–Trinajstić information content (AvgIpc) is 2.25. The molecule has 0 aromatic carbocycles. The molecule has 0 bridgehead atoms. The molecule has 0 unspecified atom stereocenters. The third kappa shape index (κ3) is 4.71. The van der Waals surface area contributed by atoms with E-state index < -0.39 is 30.5 Å². The van der Waals surface area contributed by atoms with Gasteiger partial charge in [0.25, 0.3) is 0 Å². The molecular formula is C11H23N3O4S2. The van der Waals surface area contributed by atoms with Gasteiger partial charge in [-0.25, -0.2) is 21.6 Å². The maximum absolute atomic E-state index is 11.9. The van der Waals surface area contributed by atoms with Gasteiger partial charge in [-0.3, -0.25) is 5.41 Å². The molecule has 0 aromatic rings. The molecule has 1 fully saturated rings. The van der Waals surface area contributed by atoms with Gasteiger partial charge in [-0.1, -0.05) is 13.3 Å². The third-order valence-electron chi connectivity index (χ3n) is 3.77. The molecule has 0 saturated heterocycles. The smallest absolute Gasteiger partial charge is 0.226 e. The lowest BCUT2D eigenvalue weighted by Gasteiger charge is -2.39. The predicted octanol–water partition coefficient (Wildman–Crippen LogP) is 0.183. The van der Waals surface area contributed by atoms with Crippen molar-refractivity contribution in [2.45, 2.75) is 44.6 Å². The van der Waals surface area contributed by atoms with Crippen LogP contribution in [0.1, 0.15) is 39.0 Å². The number of nitrogens with one attached hydrogen (secondary N) is 2. The normalized spacial score (nSPS) is 28.2. The fraction of sp³-hybridized carbons (Fsp3) is 0.909. The molecule has 0 amide bonds. The highest BCUT2D eigenvalue weighted by molar-refractivity contribution is 8.06. The molecule has 20 heavy (non-hydrogen) atoms. The average molecular weight is 325 g/mol. The van der Waals surface area contributed by atoms with E-state index in [1.807, 2.05) is 0 Å². The van der Waals surface area contributed by atoms with Gasteiger partial charge >= 0.3 is 0 Å². The van der Waals surface area contributed by atoms with Crippen molar-refractivity contribution in [1.82, 2.24) is 4.72 Å². The molecule has 7 nitrogen and oxygen atoms in total. The Kier molecular flexibility index (Phi) is 5.20. The first-order valence-corrected chi connectivity index (χ1v) is 10.2. The summed E-state index contributed by atoms with van der Waals surface area (Å²) in [5.74, 6) is 0.256. The van der Waals surface area contributed by atoms with E-state index in [0.717, 1.165) is 25.5 Å². The minimum Gasteiger partial charge on any atom is -0.386 e. The van der Waals surface area contributed by atoms with Crippen molar-refractivity contribution in [3.8, 4) is 0 Å². The van der Waals surface area contributed by atoms with Crippen LogP contribution < -0.4 is 10.5 Å². The predicted molar refractivity (Wildman–Crippen MR) is 78.7 cm³/mol. The van der Waals surface area contributed by atoms with Crippen molar-refractivity contribution in [2.75, 3.05) is 11.3 Å². The van der Waals surface area contributed by atoms with Crippen LogP contribution in [0.2, 0.25) is 0 Å². The Balaban J connectivity index is 2.92. The summed E-state index contributed by atoms with van der Waals surface area (Å²) in [7, 11) is -7.69. The Morgan fingerprint density at radius 2 is 1.80 bits per heavy atom. The zero-order chi connectivity index (χ0) is 15.6. The lowest BCUT2D eigenvalue weighted by Crippen LogP contribution is -2.59. The highest BCUT2D eigenvalue weighted by Crippen LogP contribution is 2.34. The molecule has 0 aliphatic heterocycles. The number of nitrogens with two attached hydrogens (primary N) is 1. The van der Waals surface area contributed by atoms with Gasteiger partial charge in [-0.2, -0.15) is 0 Å². The highest BCUT2D eigenvalue weighted by atomic mass is 32.3. The van der Waals surface area contributed by atoms with Gasteiger partial charge in [0.05, 0.1) is 5.54 Å². The van der Waals surface area contributed by atoms with Crippen molar-refractivity contribution >= 4 is 25.7 Å². The molecule has 118 valence electrons. The molecule has 1 aliphatic carbocycles. The summed E-state index contributed by atoms with van der Waals surface area (Å²) >= 11 is 0. The largest absolute Gasteiger partial charge is 0.386 e. The number of hydrogen-bond acceptors (Lipinski definition) is 5. The van der Waals surface area contributed by atoms with Crippen molar-refractivity contribution in [1.29, 1.82) is 5.41 Å². The molecule has 1 aliphatic rings. The van der Waals surface area contributed by atoms with E-state index >= 15 is 0 Å². The number of sulfonamides is 1. The van der Waals surface area contributed by atoms with Crippen LogP contribution in [0.5, 0.6) is 0 Å². The summed E-state index contributed by atoms with van der Waals surface area (Å²) in [6.07, 6.45) is 4.29. The first kappa shape index (κ1) is 17.4. The Morgan fingerprint density at radius 3 is 2.15 bits per heavy atom. The van der Waals surface area contributed by atoms with Gasteiger partial charge < -0.3 is 5.73 Å². The topological polar surface area (TPSA) is 130 Å². The molecule has 1 rings (SSSR count). The maximum atomic E-state index is 11.9. The number of rotatable bonds is 6. The summed E-state index contributed by atoms with van der Waals surface area (Å²) in [5, 5.41) is 6.69. The van der Waals surface area contributed by atoms with Gasteiger partial charge in [0.1, 0.15) is 5.84 Å². The monoisotopic (exact) mass is 325 g/mol. The second kappa shape index (κ2) is 5.98. The molecule has 1 saturated carbocycles. The fourth-order valence-corrected chi connectivity index (χ4v) is 6.01. The van der Waals surface area contributed by atoms with Crippen LogP contribution in [0, 0.1) is 11.3 Å². The summed E-state index contributed by atoms with van der Waals surface area (Å²) in [4.78, 5) is 0. The summed E-state index contributed by atoms with van der Waals surface area (Å²) in [6.45, 7) is 2.07. The lowest BCUT2D eigenvalue weighted by molar-refractivity contribution is 0.266. The first-order chi connectivity index (χ1) is 9.00. The zero-order valence-corrected chi connectivity index (χ0v) is 13.5. The van der Waals surface area contributed by atoms with Gasteiger partial charge in [0.2, 0.25) is 10.0 Å². The second-order valence-corrected chi connectivity index (χ2v) is 9.84. The van der Waals surface area contributed by atoms with E-state index in [9.17, 15) is 16.8 Å². The Labute approximate surface area is 120 Å². The van der Waals surface area contributed by atoms with E-state index in [1.165, 1.54) is 0 Å². The molecule has 0 spiro atoms. The van der Waals surface area contributed by atoms with Crippen molar-refractivity contribution in [3.05, 3.63) is 0 Å².